The first kappa shape index (κ1) is 17.5. The molecule has 0 aliphatic heterocycles. The minimum atomic E-state index is -0.341. The molecule has 5 nitrogen and oxygen atoms in total. The Morgan fingerprint density at radius 1 is 1.32 bits per heavy atom. The molecule has 6 heteroatoms. The highest BCUT2D eigenvalue weighted by molar-refractivity contribution is 9.10. The molecule has 0 saturated carbocycles. The van der Waals surface area contributed by atoms with Crippen molar-refractivity contribution < 1.29 is 9.21 Å². The Bertz CT molecular complexity index is 1000. The number of nitrogens with one attached hydrogen (secondary N) is 2. The first-order chi connectivity index (χ1) is 11.8. The summed E-state index contributed by atoms with van der Waals surface area (Å²) in [6, 6.07) is 5.67. The maximum atomic E-state index is 12.4. The summed E-state index contributed by atoms with van der Waals surface area (Å²) in [4.78, 5) is 26.7. The number of hydrogen-bond acceptors (Lipinski definition) is 3. The van der Waals surface area contributed by atoms with Crippen molar-refractivity contribution in [3.8, 4) is 0 Å². The lowest BCUT2D eigenvalue weighted by Crippen LogP contribution is -2.20. The maximum Gasteiger partial charge on any atom is 0.271 e. The zero-order valence-electron chi connectivity index (χ0n) is 14.3. The van der Waals surface area contributed by atoms with Gasteiger partial charge in [-0.05, 0) is 58.1 Å². The molecule has 0 radical (unpaired) electrons. The van der Waals surface area contributed by atoms with Crippen molar-refractivity contribution >= 4 is 38.5 Å². The van der Waals surface area contributed by atoms with Crippen molar-refractivity contribution in [2.45, 2.75) is 33.1 Å². The minimum Gasteiger partial charge on any atom is -0.464 e. The van der Waals surface area contributed by atoms with E-state index in [9.17, 15) is 9.59 Å². The van der Waals surface area contributed by atoms with E-state index in [1.165, 1.54) is 17.3 Å². The number of pyridine rings is 1. The molecule has 2 N–H and O–H groups in total. The lowest BCUT2D eigenvalue weighted by atomic mass is 9.95. The molecule has 0 atom stereocenters. The summed E-state index contributed by atoms with van der Waals surface area (Å²) in [6.07, 6.45) is 3.27. The quantitative estimate of drug-likeness (QED) is 0.674. The van der Waals surface area contributed by atoms with Crippen molar-refractivity contribution in [1.29, 1.82) is 0 Å². The van der Waals surface area contributed by atoms with E-state index < -0.39 is 0 Å². The van der Waals surface area contributed by atoms with E-state index in [0.717, 1.165) is 16.5 Å². The minimum absolute atomic E-state index is 0.138. The molecule has 3 aromatic rings. The Morgan fingerprint density at radius 3 is 2.80 bits per heavy atom. The molecule has 2 aromatic heterocycles. The van der Waals surface area contributed by atoms with Crippen LogP contribution in [0.1, 0.15) is 36.5 Å². The smallest absolute Gasteiger partial charge is 0.271 e. The van der Waals surface area contributed by atoms with E-state index in [-0.39, 0.29) is 23.6 Å². The number of H-pyrrole nitrogens is 1. The third kappa shape index (κ3) is 3.69. The number of carbonyl (C=O) groups is 1. The predicted molar refractivity (Wildman–Crippen MR) is 102 cm³/mol. The predicted octanol–water partition coefficient (Wildman–Crippen LogP) is 4.50. The van der Waals surface area contributed by atoms with Crippen LogP contribution < -0.4 is 10.9 Å². The second-order valence-corrected chi connectivity index (χ2v) is 7.32. The molecule has 2 heterocycles. The topological polar surface area (TPSA) is 75.1 Å². The zero-order chi connectivity index (χ0) is 18.1. The Labute approximate surface area is 153 Å². The Hall–Kier alpha value is -2.34. The largest absolute Gasteiger partial charge is 0.464 e. The zero-order valence-corrected chi connectivity index (χ0v) is 15.9. The monoisotopic (exact) mass is 402 g/mol. The SMILES string of the molecule is Cc1cc2occ(CC(=O)Nc3cc(Br)c[nH]c3=O)c2cc1C(C)C. The maximum absolute atomic E-state index is 12.4. The van der Waals surface area contributed by atoms with Crippen molar-refractivity contribution in [1.82, 2.24) is 4.98 Å². The molecule has 0 spiro atoms. The van der Waals surface area contributed by atoms with Gasteiger partial charge in [-0.3, -0.25) is 9.59 Å². The number of furan rings is 1. The number of benzene rings is 1. The summed E-state index contributed by atoms with van der Waals surface area (Å²) in [5, 5.41) is 3.59. The lowest BCUT2D eigenvalue weighted by molar-refractivity contribution is -0.115. The van der Waals surface area contributed by atoms with Gasteiger partial charge in [-0.25, -0.2) is 0 Å². The first-order valence-corrected chi connectivity index (χ1v) is 8.83. The van der Waals surface area contributed by atoms with E-state index in [4.69, 9.17) is 4.42 Å². The standard InChI is InChI=1S/C19H19BrN2O3/c1-10(2)14-7-15-12(9-25-17(15)4-11(14)3)5-18(23)22-16-6-13(20)8-21-19(16)24/h4,6-10H,5H2,1-3H3,(H,21,24)(H,22,23). The third-order valence-corrected chi connectivity index (χ3v) is 4.62. The molecule has 130 valence electrons. The van der Waals surface area contributed by atoms with Gasteiger partial charge in [0.15, 0.2) is 0 Å². The number of fused-ring (bicyclic) bond motifs is 1. The van der Waals surface area contributed by atoms with E-state index in [2.05, 4.69) is 53.1 Å². The van der Waals surface area contributed by atoms with Gasteiger partial charge < -0.3 is 14.7 Å². The fourth-order valence-corrected chi connectivity index (χ4v) is 3.26. The number of aromatic nitrogens is 1. The first-order valence-electron chi connectivity index (χ1n) is 8.04. The Morgan fingerprint density at radius 2 is 2.08 bits per heavy atom. The molecular formula is C19H19BrN2O3. The van der Waals surface area contributed by atoms with E-state index in [1.54, 1.807) is 12.3 Å². The van der Waals surface area contributed by atoms with Crippen LogP contribution in [0.15, 0.2) is 44.3 Å². The second-order valence-electron chi connectivity index (χ2n) is 6.41. The van der Waals surface area contributed by atoms with Crippen LogP contribution >= 0.6 is 15.9 Å². The lowest BCUT2D eigenvalue weighted by Gasteiger charge is -2.10. The molecule has 0 fully saturated rings. The van der Waals surface area contributed by atoms with Crippen LogP contribution in [0.5, 0.6) is 0 Å². The summed E-state index contributed by atoms with van der Waals surface area (Å²) < 4.78 is 6.29. The average Bonchev–Trinajstić information content (AvgIpc) is 2.91. The van der Waals surface area contributed by atoms with Gasteiger partial charge in [0.2, 0.25) is 5.91 Å². The molecule has 25 heavy (non-hydrogen) atoms. The Kier molecular flexibility index (Phi) is 4.81. The van der Waals surface area contributed by atoms with Crippen LogP contribution in [0.4, 0.5) is 5.69 Å². The number of aromatic amines is 1. The van der Waals surface area contributed by atoms with Crippen molar-refractivity contribution in [2.24, 2.45) is 0 Å². The van der Waals surface area contributed by atoms with Gasteiger partial charge in [0, 0.05) is 21.6 Å². The van der Waals surface area contributed by atoms with Crippen LogP contribution in [-0.2, 0) is 11.2 Å². The number of amides is 1. The molecule has 0 aliphatic rings. The highest BCUT2D eigenvalue weighted by atomic mass is 79.9. The highest BCUT2D eigenvalue weighted by Gasteiger charge is 2.15. The van der Waals surface area contributed by atoms with Crippen LogP contribution in [0.3, 0.4) is 0 Å². The van der Waals surface area contributed by atoms with Gasteiger partial charge in [-0.1, -0.05) is 13.8 Å². The van der Waals surface area contributed by atoms with E-state index in [0.29, 0.717) is 10.4 Å². The van der Waals surface area contributed by atoms with Gasteiger partial charge in [0.05, 0.1) is 12.7 Å². The second kappa shape index (κ2) is 6.88. The molecule has 0 aliphatic carbocycles. The molecule has 1 aromatic carbocycles. The molecule has 0 saturated heterocycles. The van der Waals surface area contributed by atoms with Gasteiger partial charge in [-0.15, -0.1) is 0 Å². The van der Waals surface area contributed by atoms with Crippen LogP contribution in [-0.4, -0.2) is 10.9 Å². The molecule has 1 amide bonds. The molecule has 0 bridgehead atoms. The summed E-state index contributed by atoms with van der Waals surface area (Å²) in [7, 11) is 0. The van der Waals surface area contributed by atoms with E-state index >= 15 is 0 Å². The number of carbonyl (C=O) groups excluding carboxylic acids is 1. The molecule has 3 rings (SSSR count). The third-order valence-electron chi connectivity index (χ3n) is 4.16. The van der Waals surface area contributed by atoms with Crippen molar-refractivity contribution in [2.75, 3.05) is 5.32 Å². The van der Waals surface area contributed by atoms with Gasteiger partial charge >= 0.3 is 0 Å². The summed E-state index contributed by atoms with van der Waals surface area (Å²) >= 11 is 3.27. The fourth-order valence-electron chi connectivity index (χ4n) is 2.92. The van der Waals surface area contributed by atoms with Gasteiger partial charge in [0.1, 0.15) is 11.3 Å². The summed E-state index contributed by atoms with van der Waals surface area (Å²) in [6.45, 7) is 6.34. The summed E-state index contributed by atoms with van der Waals surface area (Å²) in [5.74, 6) is 0.124. The summed E-state index contributed by atoms with van der Waals surface area (Å²) in [5.41, 5.74) is 3.86. The van der Waals surface area contributed by atoms with Gasteiger partial charge in [0.25, 0.3) is 5.56 Å². The van der Waals surface area contributed by atoms with Gasteiger partial charge in [-0.2, -0.15) is 0 Å². The van der Waals surface area contributed by atoms with Crippen LogP contribution in [0.25, 0.3) is 11.0 Å². The number of rotatable bonds is 4. The van der Waals surface area contributed by atoms with Crippen molar-refractivity contribution in [3.05, 3.63) is 62.2 Å². The Balaban J connectivity index is 1.87. The number of hydrogen-bond donors (Lipinski definition) is 2. The van der Waals surface area contributed by atoms with Crippen LogP contribution in [0, 0.1) is 6.92 Å². The number of halogens is 1. The molecular weight excluding hydrogens is 384 g/mol. The van der Waals surface area contributed by atoms with Crippen molar-refractivity contribution in [3.63, 3.8) is 0 Å². The normalized spacial score (nSPS) is 11.2. The van der Waals surface area contributed by atoms with Crippen LogP contribution in [0.2, 0.25) is 0 Å². The number of aryl methyl sites for hydroxylation is 1. The number of anilines is 1. The van der Waals surface area contributed by atoms with E-state index in [1.807, 2.05) is 6.07 Å². The fraction of sp³-hybridized carbons (Fsp3) is 0.263. The highest BCUT2D eigenvalue weighted by Crippen LogP contribution is 2.29. The average molecular weight is 403 g/mol. The molecule has 0 unspecified atom stereocenters.